The Kier molecular flexibility index (Phi) is 5.05. The SMILES string of the molecule is CCC1(C)CCN(CC(NC)C2CCOC2)CC1. The first-order valence-corrected chi connectivity index (χ1v) is 7.64. The van der Waals surface area contributed by atoms with Crippen LogP contribution < -0.4 is 5.32 Å². The largest absolute Gasteiger partial charge is 0.381 e. The van der Waals surface area contributed by atoms with Gasteiger partial charge in [0.25, 0.3) is 0 Å². The van der Waals surface area contributed by atoms with Crippen LogP contribution in [0.5, 0.6) is 0 Å². The van der Waals surface area contributed by atoms with Gasteiger partial charge in [-0.2, -0.15) is 0 Å². The molecule has 2 rings (SSSR count). The fraction of sp³-hybridized carbons (Fsp3) is 1.00. The quantitative estimate of drug-likeness (QED) is 0.813. The van der Waals surface area contributed by atoms with Crippen LogP contribution in [0.25, 0.3) is 0 Å². The Morgan fingerprint density at radius 2 is 2.11 bits per heavy atom. The summed E-state index contributed by atoms with van der Waals surface area (Å²) in [6.45, 7) is 10.4. The first kappa shape index (κ1) is 14.3. The molecule has 3 heteroatoms. The molecule has 106 valence electrons. The van der Waals surface area contributed by atoms with E-state index >= 15 is 0 Å². The first-order valence-electron chi connectivity index (χ1n) is 7.64. The summed E-state index contributed by atoms with van der Waals surface area (Å²) in [5.74, 6) is 0.717. The third kappa shape index (κ3) is 3.46. The lowest BCUT2D eigenvalue weighted by atomic mass is 9.78. The van der Waals surface area contributed by atoms with E-state index in [2.05, 4.69) is 31.1 Å². The molecule has 0 bridgehead atoms. The molecule has 2 saturated heterocycles. The number of hydrogen-bond donors (Lipinski definition) is 1. The predicted molar refractivity (Wildman–Crippen MR) is 75.8 cm³/mol. The molecule has 2 heterocycles. The summed E-state index contributed by atoms with van der Waals surface area (Å²) in [6, 6.07) is 0.610. The van der Waals surface area contributed by atoms with Gasteiger partial charge in [0.15, 0.2) is 0 Å². The summed E-state index contributed by atoms with van der Waals surface area (Å²) >= 11 is 0. The molecular weight excluding hydrogens is 224 g/mol. The summed E-state index contributed by atoms with van der Waals surface area (Å²) in [7, 11) is 2.10. The van der Waals surface area contributed by atoms with Crippen molar-refractivity contribution in [3.8, 4) is 0 Å². The van der Waals surface area contributed by atoms with Crippen molar-refractivity contribution in [3.63, 3.8) is 0 Å². The Balaban J connectivity index is 1.79. The van der Waals surface area contributed by atoms with E-state index in [1.165, 1.54) is 45.3 Å². The van der Waals surface area contributed by atoms with Crippen LogP contribution in [0.4, 0.5) is 0 Å². The standard InChI is InChI=1S/C15H30N2O/c1-4-15(2)6-8-17(9-7-15)11-14(16-3)13-5-10-18-12-13/h13-14,16H,4-12H2,1-3H3. The molecule has 3 nitrogen and oxygen atoms in total. The summed E-state index contributed by atoms with van der Waals surface area (Å²) in [6.07, 6.45) is 5.28. The van der Waals surface area contributed by atoms with E-state index < -0.39 is 0 Å². The average Bonchev–Trinajstić information content (AvgIpc) is 2.92. The summed E-state index contributed by atoms with van der Waals surface area (Å²) in [5, 5.41) is 3.50. The van der Waals surface area contributed by atoms with Crippen LogP contribution in [0.1, 0.15) is 39.5 Å². The van der Waals surface area contributed by atoms with Crippen LogP contribution in [0.2, 0.25) is 0 Å². The van der Waals surface area contributed by atoms with Crippen molar-refractivity contribution < 1.29 is 4.74 Å². The van der Waals surface area contributed by atoms with E-state index in [9.17, 15) is 0 Å². The van der Waals surface area contributed by atoms with Crippen LogP contribution in [0, 0.1) is 11.3 Å². The van der Waals surface area contributed by atoms with E-state index in [0.717, 1.165) is 19.1 Å². The number of likely N-dealkylation sites (N-methyl/N-ethyl adjacent to an activating group) is 1. The number of ether oxygens (including phenoxy) is 1. The minimum absolute atomic E-state index is 0.599. The first-order chi connectivity index (χ1) is 8.67. The lowest BCUT2D eigenvalue weighted by Gasteiger charge is -2.40. The highest BCUT2D eigenvalue weighted by Crippen LogP contribution is 2.34. The van der Waals surface area contributed by atoms with Gasteiger partial charge in [-0.1, -0.05) is 20.3 Å². The second-order valence-corrected chi connectivity index (χ2v) is 6.48. The number of rotatable bonds is 5. The molecule has 2 unspecified atom stereocenters. The molecule has 0 radical (unpaired) electrons. The van der Waals surface area contributed by atoms with Gasteiger partial charge in [0.1, 0.15) is 0 Å². The molecule has 2 atom stereocenters. The molecule has 0 aromatic rings. The molecule has 0 saturated carbocycles. The lowest BCUT2D eigenvalue weighted by molar-refractivity contribution is 0.0962. The van der Waals surface area contributed by atoms with Gasteiger partial charge in [-0.25, -0.2) is 0 Å². The Hall–Kier alpha value is -0.120. The van der Waals surface area contributed by atoms with Gasteiger partial charge in [-0.3, -0.25) is 0 Å². The van der Waals surface area contributed by atoms with Gasteiger partial charge in [0.2, 0.25) is 0 Å². The maximum absolute atomic E-state index is 5.52. The Morgan fingerprint density at radius 3 is 2.61 bits per heavy atom. The molecule has 2 aliphatic heterocycles. The smallest absolute Gasteiger partial charge is 0.0510 e. The number of piperidine rings is 1. The number of hydrogen-bond acceptors (Lipinski definition) is 3. The average molecular weight is 254 g/mol. The van der Waals surface area contributed by atoms with Crippen molar-refractivity contribution in [3.05, 3.63) is 0 Å². The fourth-order valence-corrected chi connectivity index (χ4v) is 3.25. The highest BCUT2D eigenvalue weighted by Gasteiger charge is 2.31. The Bertz CT molecular complexity index is 243. The summed E-state index contributed by atoms with van der Waals surface area (Å²) in [5.41, 5.74) is 0.599. The minimum Gasteiger partial charge on any atom is -0.381 e. The third-order valence-electron chi connectivity index (χ3n) is 5.28. The maximum atomic E-state index is 5.52. The van der Waals surface area contributed by atoms with E-state index in [1.54, 1.807) is 0 Å². The van der Waals surface area contributed by atoms with Crippen molar-refractivity contribution in [2.75, 3.05) is 39.9 Å². The fourth-order valence-electron chi connectivity index (χ4n) is 3.25. The van der Waals surface area contributed by atoms with Crippen molar-refractivity contribution in [2.45, 2.75) is 45.6 Å². The van der Waals surface area contributed by atoms with Crippen molar-refractivity contribution >= 4 is 0 Å². The minimum atomic E-state index is 0.599. The number of nitrogens with zero attached hydrogens (tertiary/aromatic N) is 1. The maximum Gasteiger partial charge on any atom is 0.0510 e. The van der Waals surface area contributed by atoms with Crippen LogP contribution >= 0.6 is 0 Å². The van der Waals surface area contributed by atoms with Crippen LogP contribution in [0.3, 0.4) is 0 Å². The summed E-state index contributed by atoms with van der Waals surface area (Å²) < 4.78 is 5.52. The van der Waals surface area contributed by atoms with Gasteiger partial charge >= 0.3 is 0 Å². The van der Waals surface area contributed by atoms with Crippen LogP contribution in [0.15, 0.2) is 0 Å². The molecular formula is C15H30N2O. The predicted octanol–water partition coefficient (Wildman–Crippen LogP) is 2.12. The molecule has 0 amide bonds. The number of nitrogens with one attached hydrogen (secondary N) is 1. The normalized spacial score (nSPS) is 30.5. The molecule has 0 aliphatic carbocycles. The Morgan fingerprint density at radius 1 is 1.39 bits per heavy atom. The molecule has 0 aromatic heterocycles. The third-order valence-corrected chi connectivity index (χ3v) is 5.28. The molecule has 18 heavy (non-hydrogen) atoms. The van der Waals surface area contributed by atoms with Gasteiger partial charge in [-0.15, -0.1) is 0 Å². The molecule has 2 aliphatic rings. The van der Waals surface area contributed by atoms with Crippen molar-refractivity contribution in [1.82, 2.24) is 10.2 Å². The van der Waals surface area contributed by atoms with E-state index in [4.69, 9.17) is 4.74 Å². The van der Waals surface area contributed by atoms with E-state index in [0.29, 0.717) is 11.5 Å². The van der Waals surface area contributed by atoms with Gasteiger partial charge in [0.05, 0.1) is 6.61 Å². The van der Waals surface area contributed by atoms with Crippen molar-refractivity contribution in [1.29, 1.82) is 0 Å². The monoisotopic (exact) mass is 254 g/mol. The zero-order valence-corrected chi connectivity index (χ0v) is 12.4. The topological polar surface area (TPSA) is 24.5 Å². The van der Waals surface area contributed by atoms with Gasteiger partial charge < -0.3 is 15.0 Å². The van der Waals surface area contributed by atoms with E-state index in [-0.39, 0.29) is 0 Å². The van der Waals surface area contributed by atoms with E-state index in [1.807, 2.05) is 0 Å². The summed E-state index contributed by atoms with van der Waals surface area (Å²) in [4.78, 5) is 2.65. The molecule has 1 N–H and O–H groups in total. The van der Waals surface area contributed by atoms with Crippen LogP contribution in [-0.2, 0) is 4.74 Å². The second kappa shape index (κ2) is 6.36. The Labute approximate surface area is 112 Å². The molecule has 2 fully saturated rings. The highest BCUT2D eigenvalue weighted by molar-refractivity contribution is 4.86. The number of likely N-dealkylation sites (tertiary alicyclic amines) is 1. The van der Waals surface area contributed by atoms with Gasteiger partial charge in [-0.05, 0) is 44.8 Å². The second-order valence-electron chi connectivity index (χ2n) is 6.48. The van der Waals surface area contributed by atoms with Crippen LogP contribution in [-0.4, -0.2) is 50.8 Å². The zero-order chi connectivity index (χ0) is 13.0. The molecule has 0 spiro atoms. The lowest BCUT2D eigenvalue weighted by Crippen LogP contribution is -2.48. The van der Waals surface area contributed by atoms with Crippen molar-refractivity contribution in [2.24, 2.45) is 11.3 Å². The molecule has 0 aromatic carbocycles. The zero-order valence-electron chi connectivity index (χ0n) is 12.4. The highest BCUT2D eigenvalue weighted by atomic mass is 16.5. The van der Waals surface area contributed by atoms with Gasteiger partial charge in [0, 0.05) is 25.1 Å².